The van der Waals surface area contributed by atoms with Crippen molar-refractivity contribution < 1.29 is 8.42 Å². The maximum Gasteiger partial charge on any atom is 0.331 e. The number of hydrogen-bond acceptors (Lipinski definition) is 5. The molecule has 3 rings (SSSR count). The number of hydrogen-bond donors (Lipinski definition) is 0. The van der Waals surface area contributed by atoms with Crippen molar-refractivity contribution in [1.82, 2.24) is 18.3 Å². The van der Waals surface area contributed by atoms with Crippen LogP contribution in [-0.4, -0.2) is 26.7 Å². The average Bonchev–Trinajstić information content (AvgIpc) is 3.13. The number of benzene rings is 1. The minimum Gasteiger partial charge on any atom is -0.290 e. The first-order valence-corrected chi connectivity index (χ1v) is 12.3. The molecule has 8 nitrogen and oxygen atoms in total. The van der Waals surface area contributed by atoms with Gasteiger partial charge < -0.3 is 0 Å². The molecule has 0 N–H and O–H groups in total. The predicted molar refractivity (Wildman–Crippen MR) is 122 cm³/mol. The zero-order chi connectivity index (χ0) is 22.9. The number of nitrogens with zero attached hydrogens (tertiary/aromatic N) is 4. The highest BCUT2D eigenvalue weighted by molar-refractivity contribution is 7.90. The molecule has 0 aliphatic heterocycles. The topological polar surface area (TPSA) is 96.0 Å². The van der Waals surface area contributed by atoms with Gasteiger partial charge in [0.05, 0.1) is 21.8 Å². The molecule has 1 aromatic carbocycles. The van der Waals surface area contributed by atoms with Gasteiger partial charge in [-0.05, 0) is 25.0 Å². The normalized spacial score (nSPS) is 12.0. The van der Waals surface area contributed by atoms with E-state index in [9.17, 15) is 18.0 Å². The quantitative estimate of drug-likeness (QED) is 0.456. The van der Waals surface area contributed by atoms with Crippen molar-refractivity contribution in [3.63, 3.8) is 0 Å². The van der Waals surface area contributed by atoms with Gasteiger partial charge in [0.1, 0.15) is 4.90 Å². The van der Waals surface area contributed by atoms with E-state index in [4.69, 9.17) is 34.8 Å². The van der Waals surface area contributed by atoms with E-state index < -0.39 is 21.3 Å². The Kier molecular flexibility index (Phi) is 7.20. The summed E-state index contributed by atoms with van der Waals surface area (Å²) >= 11 is 18.1. The zero-order valence-corrected chi connectivity index (χ0v) is 20.0. The van der Waals surface area contributed by atoms with Crippen LogP contribution in [0, 0.1) is 0 Å². The van der Waals surface area contributed by atoms with Gasteiger partial charge in [0.25, 0.3) is 15.6 Å². The van der Waals surface area contributed by atoms with Gasteiger partial charge in [0, 0.05) is 18.1 Å². The third-order valence-corrected chi connectivity index (χ3v) is 7.49. The number of halogens is 3. The van der Waals surface area contributed by atoms with Crippen molar-refractivity contribution in [2.75, 3.05) is 0 Å². The summed E-state index contributed by atoms with van der Waals surface area (Å²) in [7, 11) is -4.36. The lowest BCUT2D eigenvalue weighted by molar-refractivity contribution is 0.532. The smallest absolute Gasteiger partial charge is 0.290 e. The Morgan fingerprint density at radius 2 is 1.48 bits per heavy atom. The second-order valence-corrected chi connectivity index (χ2v) is 10.0. The highest BCUT2D eigenvalue weighted by Gasteiger charge is 2.27. The summed E-state index contributed by atoms with van der Waals surface area (Å²) in [5.74, 6) is 0. The molecular weight excluding hydrogens is 487 g/mol. The fourth-order valence-electron chi connectivity index (χ4n) is 3.20. The first-order valence-electron chi connectivity index (χ1n) is 9.76. The monoisotopic (exact) mass is 506 g/mol. The number of unbranched alkanes of at least 4 members (excludes halogenated alkanes) is 2. The summed E-state index contributed by atoms with van der Waals surface area (Å²) in [6.07, 6.45) is 4.05. The van der Waals surface area contributed by atoms with Crippen LogP contribution >= 0.6 is 34.8 Å². The molecule has 12 heteroatoms. The van der Waals surface area contributed by atoms with Gasteiger partial charge in [-0.25, -0.2) is 4.79 Å². The van der Waals surface area contributed by atoms with Gasteiger partial charge in [0.2, 0.25) is 0 Å². The molecule has 3 aromatic rings. The van der Waals surface area contributed by atoms with Gasteiger partial charge in [-0.2, -0.15) is 17.6 Å². The van der Waals surface area contributed by atoms with Crippen molar-refractivity contribution in [3.05, 3.63) is 54.2 Å². The Labute approximate surface area is 194 Å². The minimum atomic E-state index is -4.36. The van der Waals surface area contributed by atoms with Gasteiger partial charge in [-0.1, -0.05) is 61.5 Å². The largest absolute Gasteiger partial charge is 0.331 e. The second kappa shape index (κ2) is 9.36. The standard InChI is InChI=1S/C19H21Cl3N4O4S/c1-3-5-7-24-15-11-26(23-16(15)18(27)25(19(24)28)8-6-4-2)31(29,30)17-13(21)9-12(20)10-14(17)22/h9-11H,3-8H2,1-2H3. The summed E-state index contributed by atoms with van der Waals surface area (Å²) < 4.78 is 29.6. The van der Waals surface area contributed by atoms with E-state index in [1.54, 1.807) is 0 Å². The molecule has 2 aromatic heterocycles. The van der Waals surface area contributed by atoms with Gasteiger partial charge >= 0.3 is 5.69 Å². The molecule has 0 amide bonds. The van der Waals surface area contributed by atoms with Crippen molar-refractivity contribution >= 4 is 55.9 Å². The van der Waals surface area contributed by atoms with Crippen LogP contribution in [0.1, 0.15) is 39.5 Å². The highest BCUT2D eigenvalue weighted by atomic mass is 35.5. The molecular formula is C19H21Cl3N4O4S. The Hall–Kier alpha value is -1.81. The molecule has 0 atom stereocenters. The van der Waals surface area contributed by atoms with Gasteiger partial charge in [-0.15, -0.1) is 0 Å². The lowest BCUT2D eigenvalue weighted by atomic mass is 10.3. The van der Waals surface area contributed by atoms with Crippen molar-refractivity contribution in [3.8, 4) is 0 Å². The second-order valence-electron chi connectivity index (χ2n) is 7.04. The first kappa shape index (κ1) is 23.8. The fourth-order valence-corrected chi connectivity index (χ4v) is 5.82. The zero-order valence-electron chi connectivity index (χ0n) is 16.9. The molecule has 2 heterocycles. The fraction of sp³-hybridized carbons (Fsp3) is 0.421. The Morgan fingerprint density at radius 1 is 0.935 bits per heavy atom. The molecule has 0 spiro atoms. The van der Waals surface area contributed by atoms with Gasteiger partial charge in [-0.3, -0.25) is 13.9 Å². The van der Waals surface area contributed by atoms with Crippen LogP contribution in [0.25, 0.3) is 11.0 Å². The maximum absolute atomic E-state index is 13.2. The first-order chi connectivity index (χ1) is 14.6. The number of aromatic nitrogens is 4. The Balaban J connectivity index is 2.30. The summed E-state index contributed by atoms with van der Waals surface area (Å²) in [5.41, 5.74) is -1.10. The van der Waals surface area contributed by atoms with E-state index in [1.165, 1.54) is 16.7 Å². The van der Waals surface area contributed by atoms with Crippen molar-refractivity contribution in [2.45, 2.75) is 57.5 Å². The molecule has 31 heavy (non-hydrogen) atoms. The highest BCUT2D eigenvalue weighted by Crippen LogP contribution is 2.34. The van der Waals surface area contributed by atoms with Crippen molar-refractivity contribution in [1.29, 1.82) is 0 Å². The lowest BCUT2D eigenvalue weighted by Crippen LogP contribution is -2.40. The summed E-state index contributed by atoms with van der Waals surface area (Å²) in [6, 6.07) is 2.50. The molecule has 0 unspecified atom stereocenters. The van der Waals surface area contributed by atoms with E-state index in [0.29, 0.717) is 23.5 Å². The third kappa shape index (κ3) is 4.41. The van der Waals surface area contributed by atoms with E-state index >= 15 is 0 Å². The molecule has 0 bridgehead atoms. The SMILES string of the molecule is CCCCn1c(=O)c2nn(S(=O)(=O)c3c(Cl)cc(Cl)cc3Cl)cc2n(CCCC)c1=O. The van der Waals surface area contributed by atoms with Crippen LogP contribution in [-0.2, 0) is 23.1 Å². The lowest BCUT2D eigenvalue weighted by Gasteiger charge is -2.10. The predicted octanol–water partition coefficient (Wildman–Crippen LogP) is 4.16. The van der Waals surface area contributed by atoms with E-state index in [-0.39, 0.29) is 37.5 Å². The van der Waals surface area contributed by atoms with Crippen molar-refractivity contribution in [2.24, 2.45) is 0 Å². The van der Waals surface area contributed by atoms with E-state index in [1.807, 2.05) is 13.8 Å². The summed E-state index contributed by atoms with van der Waals surface area (Å²) in [5, 5.41) is 3.84. The Morgan fingerprint density at radius 3 is 2.03 bits per heavy atom. The van der Waals surface area contributed by atoms with Crippen LogP contribution in [0.15, 0.2) is 32.8 Å². The molecule has 0 radical (unpaired) electrons. The average molecular weight is 508 g/mol. The number of fused-ring (bicyclic) bond motifs is 1. The van der Waals surface area contributed by atoms with Crippen LogP contribution in [0.2, 0.25) is 15.1 Å². The molecule has 168 valence electrons. The third-order valence-electron chi connectivity index (χ3n) is 4.81. The molecule has 0 fully saturated rings. The number of aryl methyl sites for hydroxylation is 1. The molecule has 0 saturated carbocycles. The van der Waals surface area contributed by atoms with Crippen LogP contribution in [0.4, 0.5) is 0 Å². The maximum atomic E-state index is 13.2. The molecule has 0 aliphatic carbocycles. The molecule has 0 aliphatic rings. The minimum absolute atomic E-state index is 0.114. The van der Waals surface area contributed by atoms with E-state index in [2.05, 4.69) is 5.10 Å². The summed E-state index contributed by atoms with van der Waals surface area (Å²) in [6.45, 7) is 4.46. The van der Waals surface area contributed by atoms with Crippen LogP contribution in [0.3, 0.4) is 0 Å². The van der Waals surface area contributed by atoms with E-state index in [0.717, 1.165) is 23.6 Å². The van der Waals surface area contributed by atoms with Crippen LogP contribution in [0.5, 0.6) is 0 Å². The Bertz CT molecular complexity index is 1340. The molecule has 0 saturated heterocycles. The number of rotatable bonds is 8. The summed E-state index contributed by atoms with van der Waals surface area (Å²) in [4.78, 5) is 25.5. The van der Waals surface area contributed by atoms with Crippen LogP contribution < -0.4 is 11.2 Å². The van der Waals surface area contributed by atoms with Gasteiger partial charge in [0.15, 0.2) is 5.52 Å².